The smallest absolute Gasteiger partial charge is 0.301 e. The monoisotopic (exact) mass is 349 g/mol. The third kappa shape index (κ3) is 3.00. The van der Waals surface area contributed by atoms with E-state index in [1.54, 1.807) is 36.4 Å². The van der Waals surface area contributed by atoms with Gasteiger partial charge >= 0.3 is 5.56 Å². The molecule has 0 saturated heterocycles. The maximum atomic E-state index is 12.5. The molecule has 0 amide bonds. The zero-order chi connectivity index (χ0) is 17.9. The van der Waals surface area contributed by atoms with Crippen LogP contribution in [0.25, 0.3) is 30.1 Å². The Morgan fingerprint density at radius 1 is 0.885 bits per heavy atom. The Bertz CT molecular complexity index is 1210. The minimum atomic E-state index is -0.526. The standard InChI is InChI=1S/C17H11N5O4/c23-15-13(7-5-11-3-1-9-25-11)21-22-16(24)14(19-20-17(22)18-15)8-6-12-4-2-10-26-12/h1-10H,(H,18,20,23)/b7-5-,8-6+. The lowest BCUT2D eigenvalue weighted by Crippen LogP contribution is -2.27. The lowest BCUT2D eigenvalue weighted by atomic mass is 10.3. The quantitative estimate of drug-likeness (QED) is 0.595. The number of furan rings is 2. The molecule has 1 N–H and O–H groups in total. The van der Waals surface area contributed by atoms with Crippen LogP contribution in [0.5, 0.6) is 0 Å². The van der Waals surface area contributed by atoms with Crippen molar-refractivity contribution in [3.63, 3.8) is 0 Å². The van der Waals surface area contributed by atoms with Crippen molar-refractivity contribution in [3.05, 3.63) is 80.4 Å². The number of nitrogens with one attached hydrogen (secondary N) is 1. The van der Waals surface area contributed by atoms with E-state index >= 15 is 0 Å². The Hall–Kier alpha value is -4.01. The number of rotatable bonds is 4. The van der Waals surface area contributed by atoms with E-state index in [9.17, 15) is 9.59 Å². The molecule has 9 heteroatoms. The molecule has 0 aliphatic rings. The van der Waals surface area contributed by atoms with Gasteiger partial charge in [-0.05, 0) is 48.6 Å². The van der Waals surface area contributed by atoms with Gasteiger partial charge in [-0.1, -0.05) is 0 Å². The van der Waals surface area contributed by atoms with Gasteiger partial charge in [0.2, 0.25) is 0 Å². The van der Waals surface area contributed by atoms with Gasteiger partial charge in [0.05, 0.1) is 12.5 Å². The lowest BCUT2D eigenvalue weighted by molar-refractivity contribution is 0.557. The van der Waals surface area contributed by atoms with Crippen molar-refractivity contribution in [3.8, 4) is 0 Å². The molecule has 4 aromatic heterocycles. The van der Waals surface area contributed by atoms with Crippen LogP contribution in [-0.2, 0) is 0 Å². The largest absolute Gasteiger partial charge is 0.465 e. The second-order valence-electron chi connectivity index (χ2n) is 5.16. The summed E-state index contributed by atoms with van der Waals surface area (Å²) in [5.41, 5.74) is -0.938. The molecule has 0 atom stereocenters. The Morgan fingerprint density at radius 2 is 1.54 bits per heavy atom. The molecule has 9 nitrogen and oxygen atoms in total. The molecule has 4 aromatic rings. The third-order valence-electron chi connectivity index (χ3n) is 3.43. The van der Waals surface area contributed by atoms with Crippen LogP contribution in [0.4, 0.5) is 0 Å². The molecule has 0 saturated carbocycles. The molecule has 4 heterocycles. The molecular weight excluding hydrogens is 338 g/mol. The fourth-order valence-electron chi connectivity index (χ4n) is 2.19. The second kappa shape index (κ2) is 6.48. The predicted molar refractivity (Wildman–Crippen MR) is 92.9 cm³/mol. The summed E-state index contributed by atoms with van der Waals surface area (Å²) in [5.74, 6) is 1.06. The van der Waals surface area contributed by atoms with E-state index < -0.39 is 11.1 Å². The normalized spacial score (nSPS) is 11.8. The second-order valence-corrected chi connectivity index (χ2v) is 5.16. The predicted octanol–water partition coefficient (Wildman–Crippen LogP) is 1.70. The Morgan fingerprint density at radius 3 is 2.15 bits per heavy atom. The van der Waals surface area contributed by atoms with Gasteiger partial charge in [-0.3, -0.25) is 14.6 Å². The number of H-pyrrole nitrogens is 1. The zero-order valence-electron chi connectivity index (χ0n) is 13.2. The van der Waals surface area contributed by atoms with Crippen molar-refractivity contribution in [2.24, 2.45) is 0 Å². The molecule has 0 bridgehead atoms. The number of fused-ring (bicyclic) bond motifs is 1. The highest BCUT2D eigenvalue weighted by molar-refractivity contribution is 5.66. The molecule has 0 spiro atoms. The number of hydrogen-bond donors (Lipinski definition) is 1. The Kier molecular flexibility index (Phi) is 3.86. The van der Waals surface area contributed by atoms with E-state index in [4.69, 9.17) is 8.83 Å². The van der Waals surface area contributed by atoms with Crippen molar-refractivity contribution in [2.45, 2.75) is 0 Å². The summed E-state index contributed by atoms with van der Waals surface area (Å²) in [4.78, 5) is 27.1. The van der Waals surface area contributed by atoms with Crippen LogP contribution in [0, 0.1) is 0 Å². The average Bonchev–Trinajstić information content (AvgIpc) is 3.34. The fourth-order valence-corrected chi connectivity index (χ4v) is 2.19. The van der Waals surface area contributed by atoms with E-state index in [0.29, 0.717) is 11.5 Å². The average molecular weight is 349 g/mol. The summed E-state index contributed by atoms with van der Waals surface area (Å²) in [5, 5.41) is 11.7. The maximum Gasteiger partial charge on any atom is 0.301 e. The first kappa shape index (κ1) is 15.5. The SMILES string of the molecule is O=c1[nH]c2nnc(/C=C/c3ccco3)c(=O)n2nc1/C=C\c1ccco1. The van der Waals surface area contributed by atoms with Crippen LogP contribution in [-0.4, -0.2) is 24.8 Å². The first-order chi connectivity index (χ1) is 12.7. The van der Waals surface area contributed by atoms with E-state index in [2.05, 4.69) is 20.3 Å². The van der Waals surface area contributed by atoms with Crippen LogP contribution in [0.15, 0.2) is 55.2 Å². The summed E-state index contributed by atoms with van der Waals surface area (Å²) in [7, 11) is 0. The molecule has 26 heavy (non-hydrogen) atoms. The van der Waals surface area contributed by atoms with Crippen molar-refractivity contribution >= 4 is 30.1 Å². The summed E-state index contributed by atoms with van der Waals surface area (Å²) in [6.45, 7) is 0. The van der Waals surface area contributed by atoms with Crippen LogP contribution >= 0.6 is 0 Å². The van der Waals surface area contributed by atoms with Crippen molar-refractivity contribution in [1.82, 2.24) is 24.8 Å². The van der Waals surface area contributed by atoms with Gasteiger partial charge < -0.3 is 8.83 Å². The Labute approximate surface area is 144 Å². The molecule has 128 valence electrons. The minimum absolute atomic E-state index is 0.0324. The highest BCUT2D eigenvalue weighted by atomic mass is 16.3. The van der Waals surface area contributed by atoms with Gasteiger partial charge in [0.25, 0.3) is 11.3 Å². The molecule has 0 aromatic carbocycles. The van der Waals surface area contributed by atoms with E-state index in [1.165, 1.54) is 24.7 Å². The summed E-state index contributed by atoms with van der Waals surface area (Å²) >= 11 is 0. The van der Waals surface area contributed by atoms with Gasteiger partial charge in [0.1, 0.15) is 17.2 Å². The van der Waals surface area contributed by atoms with E-state index in [0.717, 1.165) is 4.52 Å². The van der Waals surface area contributed by atoms with Gasteiger partial charge in [-0.15, -0.1) is 10.2 Å². The first-order valence-corrected chi connectivity index (χ1v) is 7.54. The van der Waals surface area contributed by atoms with E-state index in [1.807, 2.05) is 0 Å². The van der Waals surface area contributed by atoms with Crippen molar-refractivity contribution in [1.29, 1.82) is 0 Å². The summed E-state index contributed by atoms with van der Waals surface area (Å²) < 4.78 is 11.3. The summed E-state index contributed by atoms with van der Waals surface area (Å²) in [6.07, 6.45) is 9.09. The highest BCUT2D eigenvalue weighted by Gasteiger charge is 2.09. The van der Waals surface area contributed by atoms with Crippen LogP contribution < -0.4 is 11.1 Å². The maximum absolute atomic E-state index is 12.5. The number of aromatic nitrogens is 5. The highest BCUT2D eigenvalue weighted by Crippen LogP contribution is 2.05. The molecule has 0 fully saturated rings. The van der Waals surface area contributed by atoms with Crippen LogP contribution in [0.1, 0.15) is 22.9 Å². The van der Waals surface area contributed by atoms with Gasteiger partial charge in [0, 0.05) is 0 Å². The van der Waals surface area contributed by atoms with Gasteiger partial charge in [-0.2, -0.15) is 9.61 Å². The zero-order valence-corrected chi connectivity index (χ0v) is 13.2. The van der Waals surface area contributed by atoms with Crippen LogP contribution in [0.2, 0.25) is 0 Å². The van der Waals surface area contributed by atoms with Gasteiger partial charge in [0.15, 0.2) is 5.69 Å². The van der Waals surface area contributed by atoms with Crippen LogP contribution in [0.3, 0.4) is 0 Å². The van der Waals surface area contributed by atoms with Gasteiger partial charge in [-0.25, -0.2) is 0 Å². The minimum Gasteiger partial charge on any atom is -0.465 e. The molecule has 0 aliphatic heterocycles. The molecular formula is C17H11N5O4. The number of hydrogen-bond acceptors (Lipinski definition) is 7. The lowest BCUT2D eigenvalue weighted by Gasteiger charge is -2.00. The van der Waals surface area contributed by atoms with Crippen molar-refractivity contribution in [2.75, 3.05) is 0 Å². The summed E-state index contributed by atoms with van der Waals surface area (Å²) in [6, 6.07) is 6.90. The first-order valence-electron chi connectivity index (χ1n) is 7.54. The Balaban J connectivity index is 1.77. The van der Waals surface area contributed by atoms with Crippen molar-refractivity contribution < 1.29 is 8.83 Å². The van der Waals surface area contributed by atoms with E-state index in [-0.39, 0.29) is 17.2 Å². The number of aromatic amines is 1. The number of nitrogens with zero attached hydrogens (tertiary/aromatic N) is 4. The molecule has 4 rings (SSSR count). The fraction of sp³-hybridized carbons (Fsp3) is 0. The third-order valence-corrected chi connectivity index (χ3v) is 3.43. The molecule has 0 unspecified atom stereocenters. The molecule has 0 aliphatic carbocycles. The molecule has 0 radical (unpaired) electrons. The topological polar surface area (TPSA) is 119 Å².